The van der Waals surface area contributed by atoms with Crippen molar-refractivity contribution in [3.63, 3.8) is 0 Å². The first-order valence-electron chi connectivity index (χ1n) is 12.5. The number of halogens is 2. The normalized spacial score (nSPS) is 19.1. The number of para-hydroxylation sites is 1. The second kappa shape index (κ2) is 11.4. The second-order valence-electron chi connectivity index (χ2n) is 9.13. The van der Waals surface area contributed by atoms with Gasteiger partial charge in [-0.25, -0.2) is 5.01 Å². The molecule has 2 heterocycles. The Hall–Kier alpha value is -3.96. The predicted molar refractivity (Wildman–Crippen MR) is 171 cm³/mol. The molecule has 42 heavy (non-hydrogen) atoms. The number of hydrazone groups is 1. The standard InChI is InChI=1S/C30H20Cl2N4O4S2/c1-40-24-14-7-19(8-15-24)17-27-29(37)34(21-5-3-2-4-6-21)30(41-27)35(22-10-12-23(13-11-22)36(38)39)33-28(42-30)25-16-9-20(31)18-26(25)32/h2-18H,1H3/b27-17+/t30-/m1/s1. The first-order chi connectivity index (χ1) is 20.3. The van der Waals surface area contributed by atoms with Gasteiger partial charge in [-0.3, -0.25) is 19.8 Å². The third-order valence-electron chi connectivity index (χ3n) is 6.52. The van der Waals surface area contributed by atoms with Crippen LogP contribution in [0.1, 0.15) is 11.1 Å². The number of rotatable bonds is 6. The Morgan fingerprint density at radius 2 is 1.64 bits per heavy atom. The smallest absolute Gasteiger partial charge is 0.269 e. The molecule has 4 aromatic carbocycles. The van der Waals surface area contributed by atoms with E-state index in [1.165, 1.54) is 35.7 Å². The monoisotopic (exact) mass is 634 g/mol. The van der Waals surface area contributed by atoms with E-state index in [-0.39, 0.29) is 11.6 Å². The summed E-state index contributed by atoms with van der Waals surface area (Å²) < 4.78 is 4.12. The van der Waals surface area contributed by atoms with E-state index < -0.39 is 9.25 Å². The summed E-state index contributed by atoms with van der Waals surface area (Å²) in [7, 11) is 1.60. The van der Waals surface area contributed by atoms with Gasteiger partial charge in [0, 0.05) is 28.4 Å². The zero-order valence-electron chi connectivity index (χ0n) is 21.8. The number of nitro groups is 1. The minimum absolute atomic E-state index is 0.0558. The molecular formula is C30H20Cl2N4O4S2. The van der Waals surface area contributed by atoms with Crippen molar-refractivity contribution in [3.8, 4) is 5.75 Å². The van der Waals surface area contributed by atoms with Crippen LogP contribution in [0.15, 0.2) is 107 Å². The molecule has 1 spiro atoms. The lowest BCUT2D eigenvalue weighted by molar-refractivity contribution is -0.384. The molecule has 1 atom stereocenters. The third-order valence-corrected chi connectivity index (χ3v) is 9.82. The van der Waals surface area contributed by atoms with E-state index in [2.05, 4.69) is 0 Å². The summed E-state index contributed by atoms with van der Waals surface area (Å²) >= 11 is 15.5. The Kier molecular flexibility index (Phi) is 7.63. The number of methoxy groups -OCH3 is 1. The molecule has 0 unspecified atom stereocenters. The molecule has 1 amide bonds. The van der Waals surface area contributed by atoms with Crippen LogP contribution < -0.4 is 14.6 Å². The van der Waals surface area contributed by atoms with Crippen molar-refractivity contribution in [1.29, 1.82) is 0 Å². The summed E-state index contributed by atoms with van der Waals surface area (Å²) in [6.45, 7) is 0. The number of carbonyl (C=O) groups excluding carboxylic acids is 1. The highest BCUT2D eigenvalue weighted by atomic mass is 35.5. The van der Waals surface area contributed by atoms with E-state index in [1.807, 2.05) is 60.7 Å². The Morgan fingerprint density at radius 3 is 2.29 bits per heavy atom. The number of nitrogens with zero attached hydrogens (tertiary/aromatic N) is 4. The first kappa shape index (κ1) is 28.2. The first-order valence-corrected chi connectivity index (χ1v) is 14.9. The van der Waals surface area contributed by atoms with E-state index in [1.54, 1.807) is 47.4 Å². The van der Waals surface area contributed by atoms with E-state index >= 15 is 0 Å². The Bertz CT molecular complexity index is 1750. The van der Waals surface area contributed by atoms with Gasteiger partial charge in [0.1, 0.15) is 10.8 Å². The largest absolute Gasteiger partial charge is 0.497 e. The van der Waals surface area contributed by atoms with Crippen LogP contribution in [-0.4, -0.2) is 27.3 Å². The highest BCUT2D eigenvalue weighted by Crippen LogP contribution is 2.60. The van der Waals surface area contributed by atoms with Gasteiger partial charge in [-0.1, -0.05) is 65.3 Å². The molecule has 0 radical (unpaired) electrons. The molecule has 4 aromatic rings. The second-order valence-corrected chi connectivity index (χ2v) is 12.6. The molecule has 0 saturated carbocycles. The van der Waals surface area contributed by atoms with Gasteiger partial charge in [0.15, 0.2) is 0 Å². The fraction of sp³-hybridized carbons (Fsp3) is 0.0667. The SMILES string of the molecule is COc1ccc(/C=C2/S[C@@]3(SC(c4ccc(Cl)cc4Cl)=NN3c3ccc([N+](=O)[O-])cc3)N(c3ccccc3)C2=O)cc1. The number of hydrogen-bond donors (Lipinski definition) is 0. The van der Waals surface area contributed by atoms with E-state index in [9.17, 15) is 14.9 Å². The average Bonchev–Trinajstić information content (AvgIpc) is 3.49. The van der Waals surface area contributed by atoms with E-state index in [0.717, 1.165) is 5.56 Å². The van der Waals surface area contributed by atoms with Crippen LogP contribution in [0, 0.1) is 10.1 Å². The number of nitro benzene ring substituents is 1. The van der Waals surface area contributed by atoms with Crippen LogP contribution in [0.4, 0.5) is 17.1 Å². The minimum Gasteiger partial charge on any atom is -0.497 e. The molecule has 1 fully saturated rings. The molecule has 0 bridgehead atoms. The topological polar surface area (TPSA) is 88.3 Å². The van der Waals surface area contributed by atoms with Crippen molar-refractivity contribution in [1.82, 2.24) is 0 Å². The van der Waals surface area contributed by atoms with Gasteiger partial charge in [-0.2, -0.15) is 5.10 Å². The molecule has 210 valence electrons. The van der Waals surface area contributed by atoms with E-state index in [0.29, 0.717) is 42.7 Å². The number of anilines is 2. The number of thioether (sulfide) groups is 2. The molecule has 8 nitrogen and oxygen atoms in total. The highest BCUT2D eigenvalue weighted by molar-refractivity contribution is 8.28. The van der Waals surface area contributed by atoms with Gasteiger partial charge < -0.3 is 4.74 Å². The molecule has 0 aromatic heterocycles. The van der Waals surface area contributed by atoms with Crippen LogP contribution in [0.5, 0.6) is 5.75 Å². The van der Waals surface area contributed by atoms with Crippen molar-refractivity contribution in [2.75, 3.05) is 17.0 Å². The Labute approximate surface area is 259 Å². The van der Waals surface area contributed by atoms with Crippen LogP contribution in [-0.2, 0) is 4.79 Å². The molecule has 2 aliphatic heterocycles. The fourth-order valence-corrected chi connectivity index (χ4v) is 8.10. The van der Waals surface area contributed by atoms with Crippen LogP contribution >= 0.6 is 46.7 Å². The molecule has 1 saturated heterocycles. The fourth-order valence-electron chi connectivity index (χ4n) is 4.53. The minimum atomic E-state index is -1.16. The van der Waals surface area contributed by atoms with Crippen molar-refractivity contribution >= 4 is 80.8 Å². The zero-order chi connectivity index (χ0) is 29.4. The quantitative estimate of drug-likeness (QED) is 0.120. The Morgan fingerprint density at radius 1 is 0.929 bits per heavy atom. The lowest BCUT2D eigenvalue weighted by Gasteiger charge is -2.38. The van der Waals surface area contributed by atoms with Gasteiger partial charge in [-0.05, 0) is 78.0 Å². The van der Waals surface area contributed by atoms with Gasteiger partial charge >= 0.3 is 0 Å². The number of carbonyl (C=O) groups is 1. The number of amides is 1. The van der Waals surface area contributed by atoms with Crippen molar-refractivity contribution in [3.05, 3.63) is 133 Å². The van der Waals surface area contributed by atoms with Gasteiger partial charge in [-0.15, -0.1) is 0 Å². The predicted octanol–water partition coefficient (Wildman–Crippen LogP) is 8.26. The maximum absolute atomic E-state index is 14.3. The summed E-state index contributed by atoms with van der Waals surface area (Å²) in [5, 5.41) is 19.5. The zero-order valence-corrected chi connectivity index (χ0v) is 25.0. The maximum atomic E-state index is 14.3. The van der Waals surface area contributed by atoms with E-state index in [4.69, 9.17) is 33.0 Å². The highest BCUT2D eigenvalue weighted by Gasteiger charge is 2.59. The molecule has 6 rings (SSSR count). The summed E-state index contributed by atoms with van der Waals surface area (Å²) in [4.78, 5) is 27.4. The van der Waals surface area contributed by atoms with Crippen LogP contribution in [0.25, 0.3) is 6.08 Å². The lowest BCUT2D eigenvalue weighted by atomic mass is 10.2. The van der Waals surface area contributed by atoms with Crippen molar-refractivity contribution in [2.45, 2.75) is 4.33 Å². The van der Waals surface area contributed by atoms with Crippen molar-refractivity contribution in [2.24, 2.45) is 5.10 Å². The number of ether oxygens (including phenoxy) is 1. The van der Waals surface area contributed by atoms with Crippen LogP contribution in [0.2, 0.25) is 10.0 Å². The number of benzene rings is 4. The Balaban J connectivity index is 1.52. The number of hydrogen-bond acceptors (Lipinski definition) is 8. The van der Waals surface area contributed by atoms with Gasteiger partial charge in [0.25, 0.3) is 11.6 Å². The lowest BCUT2D eigenvalue weighted by Crippen LogP contribution is -2.51. The van der Waals surface area contributed by atoms with Gasteiger partial charge in [0.05, 0.1) is 27.6 Å². The average molecular weight is 636 g/mol. The maximum Gasteiger partial charge on any atom is 0.269 e. The molecule has 0 aliphatic carbocycles. The summed E-state index contributed by atoms with van der Waals surface area (Å²) in [5.74, 6) is 0.485. The number of non-ortho nitro benzene ring substituents is 1. The summed E-state index contributed by atoms with van der Waals surface area (Å²) in [6, 6.07) is 28.0. The summed E-state index contributed by atoms with van der Waals surface area (Å²) in [5.41, 5.74) is 2.62. The van der Waals surface area contributed by atoms with Crippen molar-refractivity contribution < 1.29 is 14.5 Å². The molecule has 2 aliphatic rings. The molecular weight excluding hydrogens is 615 g/mol. The molecule has 12 heteroatoms. The van der Waals surface area contributed by atoms with Crippen LogP contribution in [0.3, 0.4) is 0 Å². The third kappa shape index (κ3) is 5.11. The van der Waals surface area contributed by atoms with Gasteiger partial charge in [0.2, 0.25) is 4.33 Å². The summed E-state index contributed by atoms with van der Waals surface area (Å²) in [6.07, 6.45) is 1.83. The molecule has 0 N–H and O–H groups in total.